The average molecular weight is 411 g/mol. The van der Waals surface area contributed by atoms with Gasteiger partial charge in [-0.05, 0) is 34.9 Å². The topological polar surface area (TPSA) is 38.7 Å². The van der Waals surface area contributed by atoms with Crippen molar-refractivity contribution >= 4 is 0 Å². The van der Waals surface area contributed by atoms with Crippen LogP contribution in [0.1, 0.15) is 28.4 Å². The summed E-state index contributed by atoms with van der Waals surface area (Å²) in [5.41, 5.74) is 4.06. The van der Waals surface area contributed by atoms with Crippen LogP contribution in [0.4, 0.5) is 0 Å². The molecule has 0 aliphatic rings. The Morgan fingerprint density at radius 1 is 0.548 bits per heavy atom. The highest BCUT2D eigenvalue weighted by molar-refractivity contribution is 5.37. The molecule has 0 aromatic heterocycles. The van der Waals surface area contributed by atoms with E-state index in [1.807, 2.05) is 109 Å². The molecule has 156 valence electrons. The van der Waals surface area contributed by atoms with Crippen molar-refractivity contribution in [2.75, 3.05) is 0 Å². The van der Waals surface area contributed by atoms with Gasteiger partial charge in [0.2, 0.25) is 0 Å². The Balaban J connectivity index is 1.36. The Morgan fingerprint density at radius 3 is 1.74 bits per heavy atom. The fraction of sp³-hybridized carbons (Fsp3) is 0.143. The molecule has 3 nitrogen and oxygen atoms in total. The highest BCUT2D eigenvalue weighted by atomic mass is 16.5. The molecular formula is C28H26O3. The van der Waals surface area contributed by atoms with Gasteiger partial charge in [0, 0.05) is 12.0 Å². The van der Waals surface area contributed by atoms with Crippen molar-refractivity contribution in [2.45, 2.75) is 25.7 Å². The summed E-state index contributed by atoms with van der Waals surface area (Å²) in [6.07, 6.45) is -0.145. The molecule has 4 aromatic carbocycles. The second-order valence-corrected chi connectivity index (χ2v) is 7.45. The van der Waals surface area contributed by atoms with Gasteiger partial charge >= 0.3 is 0 Å². The fourth-order valence-corrected chi connectivity index (χ4v) is 3.42. The van der Waals surface area contributed by atoms with E-state index in [4.69, 9.17) is 9.47 Å². The van der Waals surface area contributed by atoms with Crippen LogP contribution >= 0.6 is 0 Å². The van der Waals surface area contributed by atoms with Gasteiger partial charge in [0.15, 0.2) is 0 Å². The predicted molar refractivity (Wildman–Crippen MR) is 123 cm³/mol. The summed E-state index contributed by atoms with van der Waals surface area (Å²) < 4.78 is 11.8. The van der Waals surface area contributed by atoms with E-state index < -0.39 is 6.10 Å². The van der Waals surface area contributed by atoms with Crippen LogP contribution in [0.5, 0.6) is 11.5 Å². The SMILES string of the molecule is OC(Cc1ccc(OCc2ccccc2)cc1)c1ccccc1OCc1ccccc1. The van der Waals surface area contributed by atoms with E-state index in [0.717, 1.165) is 28.0 Å². The zero-order valence-corrected chi connectivity index (χ0v) is 17.4. The highest BCUT2D eigenvalue weighted by Crippen LogP contribution is 2.29. The normalized spacial score (nSPS) is 11.6. The number of aliphatic hydroxyl groups is 1. The third-order valence-corrected chi connectivity index (χ3v) is 5.12. The van der Waals surface area contributed by atoms with Crippen molar-refractivity contribution in [2.24, 2.45) is 0 Å². The maximum absolute atomic E-state index is 10.9. The second-order valence-electron chi connectivity index (χ2n) is 7.45. The van der Waals surface area contributed by atoms with Gasteiger partial charge in [-0.3, -0.25) is 0 Å². The van der Waals surface area contributed by atoms with Crippen molar-refractivity contribution < 1.29 is 14.6 Å². The summed E-state index contributed by atoms with van der Waals surface area (Å²) in [5, 5.41) is 10.9. The Morgan fingerprint density at radius 2 is 1.10 bits per heavy atom. The van der Waals surface area contributed by atoms with Gasteiger partial charge < -0.3 is 14.6 Å². The van der Waals surface area contributed by atoms with Crippen LogP contribution < -0.4 is 9.47 Å². The van der Waals surface area contributed by atoms with Gasteiger partial charge in [-0.1, -0.05) is 91.0 Å². The number of ether oxygens (including phenoxy) is 2. The maximum Gasteiger partial charge on any atom is 0.125 e. The van der Waals surface area contributed by atoms with Crippen molar-refractivity contribution in [3.05, 3.63) is 131 Å². The molecule has 0 aliphatic carbocycles. The number of hydrogen-bond acceptors (Lipinski definition) is 3. The molecule has 1 N–H and O–H groups in total. The molecule has 0 radical (unpaired) electrons. The first-order chi connectivity index (χ1) is 15.3. The van der Waals surface area contributed by atoms with Crippen LogP contribution in [0.2, 0.25) is 0 Å². The predicted octanol–water partition coefficient (Wildman–Crippen LogP) is 6.12. The molecule has 0 saturated carbocycles. The molecule has 4 aromatic rings. The third kappa shape index (κ3) is 5.97. The van der Waals surface area contributed by atoms with Gasteiger partial charge in [0.1, 0.15) is 24.7 Å². The molecule has 0 saturated heterocycles. The van der Waals surface area contributed by atoms with Crippen molar-refractivity contribution in [1.29, 1.82) is 0 Å². The largest absolute Gasteiger partial charge is 0.489 e. The molecule has 0 amide bonds. The van der Waals surface area contributed by atoms with E-state index in [-0.39, 0.29) is 0 Å². The number of aliphatic hydroxyl groups excluding tert-OH is 1. The Labute approximate surface area is 183 Å². The first kappa shape index (κ1) is 20.7. The molecule has 0 spiro atoms. The van der Waals surface area contributed by atoms with Gasteiger partial charge in [-0.15, -0.1) is 0 Å². The number of para-hydroxylation sites is 1. The quantitative estimate of drug-likeness (QED) is 0.361. The summed E-state index contributed by atoms with van der Waals surface area (Å²) in [6.45, 7) is 1.01. The van der Waals surface area contributed by atoms with E-state index in [0.29, 0.717) is 25.4 Å². The lowest BCUT2D eigenvalue weighted by molar-refractivity contribution is 0.170. The van der Waals surface area contributed by atoms with Gasteiger partial charge in [0.05, 0.1) is 6.10 Å². The lowest BCUT2D eigenvalue weighted by Crippen LogP contribution is -2.06. The maximum atomic E-state index is 10.9. The molecule has 0 heterocycles. The van der Waals surface area contributed by atoms with Crippen LogP contribution in [-0.2, 0) is 19.6 Å². The molecule has 0 fully saturated rings. The van der Waals surface area contributed by atoms with Gasteiger partial charge in [-0.25, -0.2) is 0 Å². The molecule has 1 atom stereocenters. The van der Waals surface area contributed by atoms with Crippen molar-refractivity contribution in [3.8, 4) is 11.5 Å². The zero-order chi connectivity index (χ0) is 21.3. The van der Waals surface area contributed by atoms with Crippen LogP contribution in [0.25, 0.3) is 0 Å². The minimum absolute atomic E-state index is 0.470. The molecule has 31 heavy (non-hydrogen) atoms. The average Bonchev–Trinajstić information content (AvgIpc) is 2.84. The smallest absolute Gasteiger partial charge is 0.125 e. The Hall–Kier alpha value is -3.56. The van der Waals surface area contributed by atoms with Crippen LogP contribution in [0.3, 0.4) is 0 Å². The molecule has 0 aliphatic heterocycles. The third-order valence-electron chi connectivity index (χ3n) is 5.12. The van der Waals surface area contributed by atoms with E-state index in [9.17, 15) is 5.11 Å². The van der Waals surface area contributed by atoms with Gasteiger partial charge in [0.25, 0.3) is 0 Å². The van der Waals surface area contributed by atoms with Gasteiger partial charge in [-0.2, -0.15) is 0 Å². The molecular weight excluding hydrogens is 384 g/mol. The summed E-state index contributed by atoms with van der Waals surface area (Å²) in [7, 11) is 0. The summed E-state index contributed by atoms with van der Waals surface area (Å²) in [5.74, 6) is 1.52. The Bertz CT molecular complexity index is 1060. The van der Waals surface area contributed by atoms with Crippen molar-refractivity contribution in [3.63, 3.8) is 0 Å². The second kappa shape index (κ2) is 10.5. The molecule has 0 bridgehead atoms. The highest BCUT2D eigenvalue weighted by Gasteiger charge is 2.14. The van der Waals surface area contributed by atoms with Crippen LogP contribution in [-0.4, -0.2) is 5.11 Å². The lowest BCUT2D eigenvalue weighted by atomic mass is 10.0. The fourth-order valence-electron chi connectivity index (χ4n) is 3.42. The van der Waals surface area contributed by atoms with E-state index in [2.05, 4.69) is 0 Å². The first-order valence-corrected chi connectivity index (χ1v) is 10.5. The van der Waals surface area contributed by atoms with Crippen molar-refractivity contribution in [1.82, 2.24) is 0 Å². The summed E-state index contributed by atoms with van der Waals surface area (Å²) in [6, 6.07) is 35.7. The molecule has 3 heteroatoms. The number of benzene rings is 4. The number of hydrogen-bond donors (Lipinski definition) is 1. The summed E-state index contributed by atoms with van der Waals surface area (Å²) in [4.78, 5) is 0. The minimum Gasteiger partial charge on any atom is -0.489 e. The summed E-state index contributed by atoms with van der Waals surface area (Å²) >= 11 is 0. The first-order valence-electron chi connectivity index (χ1n) is 10.5. The number of rotatable bonds is 9. The van der Waals surface area contributed by atoms with E-state index in [1.165, 1.54) is 0 Å². The molecule has 1 unspecified atom stereocenters. The monoisotopic (exact) mass is 410 g/mol. The lowest BCUT2D eigenvalue weighted by Gasteiger charge is -2.17. The van der Waals surface area contributed by atoms with Crippen LogP contribution in [0.15, 0.2) is 109 Å². The molecule has 4 rings (SSSR count). The van der Waals surface area contributed by atoms with E-state index >= 15 is 0 Å². The standard InChI is InChI=1S/C28H26O3/c29-27(26-13-7-8-14-28(26)31-21-24-11-5-2-6-12-24)19-22-15-17-25(18-16-22)30-20-23-9-3-1-4-10-23/h1-18,27,29H,19-21H2. The minimum atomic E-state index is -0.650. The zero-order valence-electron chi connectivity index (χ0n) is 17.4. The van der Waals surface area contributed by atoms with Crippen LogP contribution in [0, 0.1) is 0 Å². The Kier molecular flexibility index (Phi) is 6.99. The van der Waals surface area contributed by atoms with E-state index in [1.54, 1.807) is 0 Å².